The normalized spacial score (nSPS) is 13.3. The van der Waals surface area contributed by atoms with Gasteiger partial charge in [-0.05, 0) is 71.8 Å². The highest BCUT2D eigenvalue weighted by molar-refractivity contribution is 14.1. The third-order valence-electron chi connectivity index (χ3n) is 4.46. The van der Waals surface area contributed by atoms with Gasteiger partial charge in [-0.3, -0.25) is 0 Å². The summed E-state index contributed by atoms with van der Waals surface area (Å²) in [4.78, 5) is 4.55. The number of hydrogen-bond donors (Lipinski definition) is 2. The number of para-hydroxylation sites is 1. The monoisotopic (exact) mass is 478 g/mol. The number of aliphatic hydroxyl groups is 1. The smallest absolute Gasteiger partial charge is 0.226 e. The molecule has 6 heteroatoms. The molecule has 5 nitrogen and oxygen atoms in total. The molecule has 3 aromatic rings. The average molecular weight is 478 g/mol. The van der Waals surface area contributed by atoms with Crippen LogP contribution in [0.3, 0.4) is 0 Å². The van der Waals surface area contributed by atoms with Gasteiger partial charge in [-0.2, -0.15) is 0 Å². The maximum atomic E-state index is 9.95. The summed E-state index contributed by atoms with van der Waals surface area (Å²) in [5.41, 5.74) is 2.28. The zero-order valence-corrected chi connectivity index (χ0v) is 17.6. The molecule has 0 aliphatic rings. The van der Waals surface area contributed by atoms with Gasteiger partial charge in [-0.15, -0.1) is 0 Å². The van der Waals surface area contributed by atoms with Crippen LogP contribution in [0.4, 0.5) is 0 Å². The standard InChI is InChI=1S/C21H23IN2O3/c1-21(14-25,11-16-5-3-4-6-19(16)26-2)23-12-18-13-27-20(24-18)15-7-9-17(22)10-8-15/h3-10,13,23,25H,11-12,14H2,1-2H3. The van der Waals surface area contributed by atoms with Crippen LogP contribution in [-0.4, -0.2) is 29.3 Å². The second-order valence-electron chi connectivity index (χ2n) is 6.71. The molecule has 0 saturated carbocycles. The number of nitrogens with one attached hydrogen (secondary N) is 1. The van der Waals surface area contributed by atoms with E-state index in [9.17, 15) is 5.11 Å². The van der Waals surface area contributed by atoms with Crippen molar-refractivity contribution < 1.29 is 14.3 Å². The van der Waals surface area contributed by atoms with Crippen molar-refractivity contribution in [2.45, 2.75) is 25.4 Å². The van der Waals surface area contributed by atoms with Gasteiger partial charge >= 0.3 is 0 Å². The number of benzene rings is 2. The molecule has 3 rings (SSSR count). The van der Waals surface area contributed by atoms with E-state index in [0.29, 0.717) is 18.9 Å². The second kappa shape index (κ2) is 8.86. The number of oxazole rings is 1. The fraction of sp³-hybridized carbons (Fsp3) is 0.286. The quantitative estimate of drug-likeness (QED) is 0.479. The highest BCUT2D eigenvalue weighted by atomic mass is 127. The largest absolute Gasteiger partial charge is 0.496 e. The minimum absolute atomic E-state index is 0.00706. The molecule has 0 radical (unpaired) electrons. The van der Waals surface area contributed by atoms with Crippen molar-refractivity contribution in [3.63, 3.8) is 0 Å². The number of hydrogen-bond acceptors (Lipinski definition) is 5. The molecule has 2 aromatic carbocycles. The Morgan fingerprint density at radius 3 is 2.63 bits per heavy atom. The van der Waals surface area contributed by atoms with E-state index in [1.54, 1.807) is 13.4 Å². The maximum absolute atomic E-state index is 9.95. The Morgan fingerprint density at radius 2 is 1.93 bits per heavy atom. The van der Waals surface area contributed by atoms with Crippen LogP contribution >= 0.6 is 22.6 Å². The van der Waals surface area contributed by atoms with E-state index in [-0.39, 0.29) is 6.61 Å². The van der Waals surface area contributed by atoms with Gasteiger partial charge < -0.3 is 19.6 Å². The lowest BCUT2D eigenvalue weighted by Crippen LogP contribution is -2.47. The average Bonchev–Trinajstić information content (AvgIpc) is 3.16. The number of nitrogens with zero attached hydrogens (tertiary/aromatic N) is 1. The molecule has 0 aliphatic carbocycles. The predicted molar refractivity (Wildman–Crippen MR) is 114 cm³/mol. The van der Waals surface area contributed by atoms with Crippen molar-refractivity contribution in [2.24, 2.45) is 0 Å². The van der Waals surface area contributed by atoms with Crippen LogP contribution < -0.4 is 10.1 Å². The summed E-state index contributed by atoms with van der Waals surface area (Å²) >= 11 is 2.27. The van der Waals surface area contributed by atoms with Crippen LogP contribution in [0.1, 0.15) is 18.2 Å². The summed E-state index contributed by atoms with van der Waals surface area (Å²) in [5.74, 6) is 1.42. The number of aliphatic hydroxyl groups excluding tert-OH is 1. The molecule has 0 fully saturated rings. The molecule has 1 atom stereocenters. The Labute approximate surface area is 172 Å². The van der Waals surface area contributed by atoms with Gasteiger partial charge in [0.2, 0.25) is 5.89 Å². The first-order valence-electron chi connectivity index (χ1n) is 8.71. The summed E-state index contributed by atoms with van der Waals surface area (Å²) in [6.45, 7) is 2.48. The molecule has 0 spiro atoms. The summed E-state index contributed by atoms with van der Waals surface area (Å²) in [6, 6.07) is 15.9. The molecule has 142 valence electrons. The second-order valence-corrected chi connectivity index (χ2v) is 7.96. The number of halogens is 1. The number of ether oxygens (including phenoxy) is 1. The molecular formula is C21H23IN2O3. The van der Waals surface area contributed by atoms with Crippen LogP contribution in [0, 0.1) is 3.57 Å². The van der Waals surface area contributed by atoms with Gasteiger partial charge in [0.1, 0.15) is 12.0 Å². The minimum Gasteiger partial charge on any atom is -0.496 e. The summed E-state index contributed by atoms with van der Waals surface area (Å²) in [6.07, 6.45) is 2.29. The van der Waals surface area contributed by atoms with E-state index in [4.69, 9.17) is 9.15 Å². The highest BCUT2D eigenvalue weighted by Gasteiger charge is 2.25. The van der Waals surface area contributed by atoms with Gasteiger partial charge in [0.25, 0.3) is 0 Å². The number of aromatic nitrogens is 1. The van der Waals surface area contributed by atoms with Gasteiger partial charge in [0, 0.05) is 21.2 Å². The third kappa shape index (κ3) is 5.09. The fourth-order valence-corrected chi connectivity index (χ4v) is 3.22. The van der Waals surface area contributed by atoms with Gasteiger partial charge in [-0.25, -0.2) is 4.98 Å². The van der Waals surface area contributed by atoms with Crippen molar-refractivity contribution in [1.29, 1.82) is 0 Å². The van der Waals surface area contributed by atoms with E-state index >= 15 is 0 Å². The molecule has 27 heavy (non-hydrogen) atoms. The Balaban J connectivity index is 1.68. The lowest BCUT2D eigenvalue weighted by atomic mass is 9.93. The zero-order chi connectivity index (χ0) is 19.3. The first-order valence-corrected chi connectivity index (χ1v) is 9.79. The summed E-state index contributed by atoms with van der Waals surface area (Å²) < 4.78 is 12.2. The van der Waals surface area contributed by atoms with Crippen molar-refractivity contribution in [3.8, 4) is 17.2 Å². The minimum atomic E-state index is -0.503. The van der Waals surface area contributed by atoms with Crippen LogP contribution in [0.2, 0.25) is 0 Å². The fourth-order valence-electron chi connectivity index (χ4n) is 2.86. The molecule has 0 amide bonds. The zero-order valence-electron chi connectivity index (χ0n) is 15.4. The number of rotatable bonds is 8. The van der Waals surface area contributed by atoms with E-state index < -0.39 is 5.54 Å². The Morgan fingerprint density at radius 1 is 1.19 bits per heavy atom. The predicted octanol–water partition coefficient (Wildman–Crippen LogP) is 4.04. The third-order valence-corrected chi connectivity index (χ3v) is 5.18. The van der Waals surface area contributed by atoms with Crippen LogP contribution in [0.15, 0.2) is 59.2 Å². The topological polar surface area (TPSA) is 67.5 Å². The van der Waals surface area contributed by atoms with Crippen molar-refractivity contribution in [3.05, 3.63) is 69.6 Å². The van der Waals surface area contributed by atoms with E-state index in [1.807, 2.05) is 55.5 Å². The van der Waals surface area contributed by atoms with Gasteiger partial charge in [0.05, 0.1) is 19.4 Å². The van der Waals surface area contributed by atoms with Gasteiger partial charge in [0.15, 0.2) is 0 Å². The van der Waals surface area contributed by atoms with E-state index in [2.05, 4.69) is 32.9 Å². The lowest BCUT2D eigenvalue weighted by molar-refractivity contribution is 0.171. The maximum Gasteiger partial charge on any atom is 0.226 e. The Bertz CT molecular complexity index is 879. The molecule has 1 unspecified atom stereocenters. The molecule has 1 aromatic heterocycles. The van der Waals surface area contributed by atoms with Crippen molar-refractivity contribution in [2.75, 3.05) is 13.7 Å². The molecule has 0 aliphatic heterocycles. The van der Waals surface area contributed by atoms with Crippen molar-refractivity contribution >= 4 is 22.6 Å². The lowest BCUT2D eigenvalue weighted by Gasteiger charge is -2.29. The highest BCUT2D eigenvalue weighted by Crippen LogP contribution is 2.24. The summed E-state index contributed by atoms with van der Waals surface area (Å²) in [5, 5.41) is 13.4. The molecule has 2 N–H and O–H groups in total. The Hall–Kier alpha value is -1.90. The first kappa shape index (κ1) is 19.9. The van der Waals surface area contributed by atoms with E-state index in [0.717, 1.165) is 22.6 Å². The molecule has 0 bridgehead atoms. The molecular weight excluding hydrogens is 455 g/mol. The number of methoxy groups -OCH3 is 1. The van der Waals surface area contributed by atoms with Crippen LogP contribution in [0.5, 0.6) is 5.75 Å². The molecule has 0 saturated heterocycles. The van der Waals surface area contributed by atoms with E-state index in [1.165, 1.54) is 3.57 Å². The summed E-state index contributed by atoms with van der Waals surface area (Å²) in [7, 11) is 1.66. The molecule has 1 heterocycles. The Kier molecular flexibility index (Phi) is 6.51. The SMILES string of the molecule is COc1ccccc1CC(C)(CO)NCc1coc(-c2ccc(I)cc2)n1. The van der Waals surface area contributed by atoms with Crippen LogP contribution in [0.25, 0.3) is 11.5 Å². The van der Waals surface area contributed by atoms with Gasteiger partial charge in [-0.1, -0.05) is 18.2 Å². The first-order chi connectivity index (χ1) is 13.0. The van der Waals surface area contributed by atoms with Crippen molar-refractivity contribution in [1.82, 2.24) is 10.3 Å². The van der Waals surface area contributed by atoms with Crippen LogP contribution in [-0.2, 0) is 13.0 Å².